The fraction of sp³-hybridized carbons (Fsp3) is 0.136. The average molecular weight is 564 g/mol. The number of hydrazone groups is 1. The highest BCUT2D eigenvalue weighted by Gasteiger charge is 2.31. The molecular weight excluding hydrogens is 548 g/mol. The van der Waals surface area contributed by atoms with E-state index in [1.807, 2.05) is 12.1 Å². The monoisotopic (exact) mass is 561 g/mol. The quantitative estimate of drug-likeness (QED) is 0.344. The maximum absolute atomic E-state index is 12.8. The fourth-order valence-electron chi connectivity index (χ4n) is 3.45. The van der Waals surface area contributed by atoms with E-state index >= 15 is 0 Å². The minimum Gasteiger partial charge on any atom is -0.256 e. The number of hydrogen-bond donors (Lipinski definition) is 1. The molecule has 3 aromatic rings. The molecule has 5 nitrogen and oxygen atoms in total. The van der Waals surface area contributed by atoms with Crippen LogP contribution in [0.2, 0.25) is 25.1 Å². The molecule has 1 aliphatic rings. The number of anilines is 1. The Bertz CT molecular complexity index is 1330. The summed E-state index contributed by atoms with van der Waals surface area (Å²) >= 11 is 30.6. The summed E-state index contributed by atoms with van der Waals surface area (Å²) in [4.78, 5) is -0.0953. The Morgan fingerprint density at radius 1 is 0.848 bits per heavy atom. The van der Waals surface area contributed by atoms with Crippen LogP contribution in [0.4, 0.5) is 5.69 Å². The molecule has 1 N–H and O–H groups in total. The van der Waals surface area contributed by atoms with E-state index in [2.05, 4.69) is 9.82 Å². The summed E-state index contributed by atoms with van der Waals surface area (Å²) < 4.78 is 28.2. The Kier molecular flexibility index (Phi) is 7.46. The predicted molar refractivity (Wildman–Crippen MR) is 137 cm³/mol. The first-order valence-corrected chi connectivity index (χ1v) is 13.0. The maximum atomic E-state index is 12.8. The van der Waals surface area contributed by atoms with Gasteiger partial charge < -0.3 is 0 Å². The zero-order valence-electron chi connectivity index (χ0n) is 16.8. The molecule has 11 heteroatoms. The lowest BCUT2D eigenvalue weighted by atomic mass is 10.0. The molecule has 1 aliphatic heterocycles. The van der Waals surface area contributed by atoms with Gasteiger partial charge in [-0.1, -0.05) is 70.1 Å². The Labute approximate surface area is 216 Å². The second kappa shape index (κ2) is 10.0. The first-order valence-electron chi connectivity index (χ1n) is 9.65. The molecule has 1 unspecified atom stereocenters. The summed E-state index contributed by atoms with van der Waals surface area (Å²) in [6.07, 6.45) is 0.465. The van der Waals surface area contributed by atoms with Crippen LogP contribution >= 0.6 is 58.0 Å². The van der Waals surface area contributed by atoms with E-state index in [0.29, 0.717) is 32.9 Å². The van der Waals surface area contributed by atoms with Crippen molar-refractivity contribution in [3.63, 3.8) is 0 Å². The Balaban J connectivity index is 1.63. The van der Waals surface area contributed by atoms with E-state index in [1.54, 1.807) is 35.3 Å². The maximum Gasteiger partial charge on any atom is 0.242 e. The summed E-state index contributed by atoms with van der Waals surface area (Å²) in [5.74, 6) is 0. The number of benzene rings is 3. The second-order valence-corrected chi connectivity index (χ2v) is 11.1. The van der Waals surface area contributed by atoms with E-state index in [-0.39, 0.29) is 27.5 Å². The van der Waals surface area contributed by atoms with E-state index < -0.39 is 10.0 Å². The average Bonchev–Trinajstić information content (AvgIpc) is 3.18. The van der Waals surface area contributed by atoms with Crippen LogP contribution in [-0.4, -0.2) is 20.7 Å². The van der Waals surface area contributed by atoms with Crippen molar-refractivity contribution in [1.29, 1.82) is 0 Å². The van der Waals surface area contributed by atoms with Crippen molar-refractivity contribution < 1.29 is 8.42 Å². The topological polar surface area (TPSA) is 61.8 Å². The van der Waals surface area contributed by atoms with Crippen molar-refractivity contribution in [1.82, 2.24) is 4.72 Å². The van der Waals surface area contributed by atoms with Gasteiger partial charge in [0, 0.05) is 21.5 Å². The summed E-state index contributed by atoms with van der Waals surface area (Å²) in [5.41, 5.74) is 2.21. The third-order valence-corrected chi connectivity index (χ3v) is 7.94. The molecule has 0 fully saturated rings. The van der Waals surface area contributed by atoms with E-state index in [4.69, 9.17) is 58.0 Å². The third-order valence-electron chi connectivity index (χ3n) is 5.03. The number of nitrogens with one attached hydrogen (secondary N) is 1. The first kappa shape index (κ1) is 24.6. The minimum atomic E-state index is -3.91. The van der Waals surface area contributed by atoms with Crippen LogP contribution in [0.25, 0.3) is 0 Å². The van der Waals surface area contributed by atoms with Crippen LogP contribution in [0.15, 0.2) is 70.7 Å². The van der Waals surface area contributed by atoms with Crippen molar-refractivity contribution in [2.45, 2.75) is 17.4 Å². The van der Waals surface area contributed by atoms with Gasteiger partial charge >= 0.3 is 0 Å². The number of hydrogen-bond acceptors (Lipinski definition) is 4. The Morgan fingerprint density at radius 3 is 2.18 bits per heavy atom. The molecule has 4 rings (SSSR count). The van der Waals surface area contributed by atoms with Gasteiger partial charge in [-0.15, -0.1) is 0 Å². The summed E-state index contributed by atoms with van der Waals surface area (Å²) in [6.45, 7) is -0.0169. The van der Waals surface area contributed by atoms with Crippen molar-refractivity contribution in [2.75, 3.05) is 11.6 Å². The zero-order valence-corrected chi connectivity index (χ0v) is 21.4. The van der Waals surface area contributed by atoms with Gasteiger partial charge in [-0.25, -0.2) is 13.1 Å². The standard InChI is InChI=1S/C22H16Cl5N3O2S/c23-14-3-1-13(2-4-14)21-11-17(29-30(21)20-8-6-15(24)9-19(20)27)12-28-33(31,32)22-10-16(25)5-7-18(22)26/h1-10,21,28H,11-12H2. The van der Waals surface area contributed by atoms with Gasteiger partial charge in [0.05, 0.1) is 34.0 Å². The largest absolute Gasteiger partial charge is 0.256 e. The predicted octanol–water partition coefficient (Wildman–Crippen LogP) is 7.24. The van der Waals surface area contributed by atoms with Gasteiger partial charge in [-0.3, -0.25) is 5.01 Å². The van der Waals surface area contributed by atoms with Gasteiger partial charge in [0.15, 0.2) is 0 Å². The van der Waals surface area contributed by atoms with Crippen LogP contribution in [-0.2, 0) is 10.0 Å². The smallest absolute Gasteiger partial charge is 0.242 e. The molecule has 0 amide bonds. The van der Waals surface area contributed by atoms with Crippen molar-refractivity contribution in [3.8, 4) is 0 Å². The molecule has 0 saturated heterocycles. The van der Waals surface area contributed by atoms with Gasteiger partial charge in [0.25, 0.3) is 0 Å². The highest BCUT2D eigenvalue weighted by Crippen LogP contribution is 2.39. The molecule has 1 heterocycles. The van der Waals surface area contributed by atoms with E-state index in [0.717, 1.165) is 5.56 Å². The molecule has 0 radical (unpaired) electrons. The molecule has 0 aromatic heterocycles. The third kappa shape index (κ3) is 5.60. The minimum absolute atomic E-state index is 0.0169. The second-order valence-electron chi connectivity index (χ2n) is 7.28. The summed E-state index contributed by atoms with van der Waals surface area (Å²) in [5, 5.41) is 8.32. The normalized spacial score (nSPS) is 16.2. The molecule has 0 aliphatic carbocycles. The lowest BCUT2D eigenvalue weighted by molar-refractivity contribution is 0.586. The lowest BCUT2D eigenvalue weighted by Crippen LogP contribution is -2.29. The molecule has 0 bridgehead atoms. The van der Waals surface area contributed by atoms with Crippen LogP contribution in [0.1, 0.15) is 18.0 Å². The van der Waals surface area contributed by atoms with Crippen molar-refractivity contribution >= 4 is 79.4 Å². The number of sulfonamides is 1. The van der Waals surface area contributed by atoms with Crippen molar-refractivity contribution in [2.24, 2.45) is 5.10 Å². The van der Waals surface area contributed by atoms with Crippen LogP contribution < -0.4 is 9.73 Å². The van der Waals surface area contributed by atoms with Crippen LogP contribution in [0, 0.1) is 0 Å². The Morgan fingerprint density at radius 2 is 1.48 bits per heavy atom. The molecule has 1 atom stereocenters. The molecule has 3 aromatic carbocycles. The SMILES string of the molecule is O=S(=O)(NCC1=NN(c2ccc(Cl)cc2Cl)C(c2ccc(Cl)cc2)C1)c1cc(Cl)ccc1Cl. The number of halogens is 5. The van der Waals surface area contributed by atoms with E-state index in [9.17, 15) is 8.42 Å². The molecule has 0 saturated carbocycles. The number of nitrogens with zero attached hydrogens (tertiary/aromatic N) is 2. The van der Waals surface area contributed by atoms with Gasteiger partial charge in [0.2, 0.25) is 10.0 Å². The highest BCUT2D eigenvalue weighted by atomic mass is 35.5. The first-order chi connectivity index (χ1) is 15.6. The van der Waals surface area contributed by atoms with Crippen LogP contribution in [0.3, 0.4) is 0 Å². The molecule has 33 heavy (non-hydrogen) atoms. The van der Waals surface area contributed by atoms with Gasteiger partial charge in [-0.05, 0) is 54.1 Å². The van der Waals surface area contributed by atoms with Gasteiger partial charge in [0.1, 0.15) is 4.90 Å². The summed E-state index contributed by atoms with van der Waals surface area (Å²) in [7, 11) is -3.91. The zero-order chi connectivity index (χ0) is 23.8. The molecular formula is C22H16Cl5N3O2S. The Hall–Kier alpha value is -1.51. The summed E-state index contributed by atoms with van der Waals surface area (Å²) in [6, 6.07) is 16.6. The molecule has 172 valence electrons. The van der Waals surface area contributed by atoms with E-state index in [1.165, 1.54) is 18.2 Å². The van der Waals surface area contributed by atoms with Crippen molar-refractivity contribution in [3.05, 3.63) is 91.3 Å². The number of rotatable bonds is 6. The lowest BCUT2D eigenvalue weighted by Gasteiger charge is -2.25. The highest BCUT2D eigenvalue weighted by molar-refractivity contribution is 7.89. The van der Waals surface area contributed by atoms with Gasteiger partial charge in [-0.2, -0.15) is 5.10 Å². The fourth-order valence-corrected chi connectivity index (χ4v) is 5.85. The van der Waals surface area contributed by atoms with Crippen LogP contribution in [0.5, 0.6) is 0 Å². The molecule has 0 spiro atoms.